The number of nitrogens with zero attached hydrogens (tertiary/aromatic N) is 2. The highest BCUT2D eigenvalue weighted by Gasteiger charge is 2.26. The Kier molecular flexibility index (Phi) is 4.03. The Balaban J connectivity index is 1.80. The zero-order valence-electron chi connectivity index (χ0n) is 11.2. The minimum Gasteiger partial charge on any atom is -0.396 e. The number of nitrogens with one attached hydrogen (secondary N) is 1. The van der Waals surface area contributed by atoms with Gasteiger partial charge in [0.05, 0.1) is 5.52 Å². The highest BCUT2D eigenvalue weighted by atomic mass is 35.5. The molecule has 2 atom stereocenters. The van der Waals surface area contributed by atoms with Crippen molar-refractivity contribution in [2.24, 2.45) is 11.8 Å². The van der Waals surface area contributed by atoms with Crippen LogP contribution < -0.4 is 5.32 Å². The number of halogens is 1. The number of aliphatic hydroxyl groups is 1. The molecular formula is C15H18ClN3O. The highest BCUT2D eigenvalue weighted by Crippen LogP contribution is 2.32. The Bertz CT molecular complexity index is 605. The molecule has 1 fully saturated rings. The molecule has 2 aromatic rings. The van der Waals surface area contributed by atoms with Crippen LogP contribution in [-0.2, 0) is 0 Å². The number of benzene rings is 1. The van der Waals surface area contributed by atoms with Gasteiger partial charge in [0.25, 0.3) is 0 Å². The molecule has 0 bridgehead atoms. The summed E-state index contributed by atoms with van der Waals surface area (Å²) in [5, 5.41) is 14.0. The first kappa shape index (κ1) is 13.6. The fourth-order valence-corrected chi connectivity index (χ4v) is 3.21. The van der Waals surface area contributed by atoms with Crippen molar-refractivity contribution in [2.75, 3.05) is 18.5 Å². The van der Waals surface area contributed by atoms with Crippen LogP contribution in [0.3, 0.4) is 0 Å². The van der Waals surface area contributed by atoms with Crippen LogP contribution in [0.15, 0.2) is 24.3 Å². The van der Waals surface area contributed by atoms with Crippen LogP contribution in [0.2, 0.25) is 5.28 Å². The minimum atomic E-state index is 0.260. The van der Waals surface area contributed by atoms with Gasteiger partial charge in [-0.15, -0.1) is 0 Å². The predicted molar refractivity (Wildman–Crippen MR) is 81.0 cm³/mol. The van der Waals surface area contributed by atoms with Gasteiger partial charge in [-0.3, -0.25) is 0 Å². The van der Waals surface area contributed by atoms with E-state index in [1.54, 1.807) is 0 Å². The fourth-order valence-electron chi connectivity index (χ4n) is 3.03. The normalized spacial score (nSPS) is 22.3. The van der Waals surface area contributed by atoms with E-state index in [1.165, 1.54) is 6.42 Å². The maximum absolute atomic E-state index is 9.38. The topological polar surface area (TPSA) is 58.0 Å². The third-order valence-corrected chi connectivity index (χ3v) is 4.33. The largest absolute Gasteiger partial charge is 0.396 e. The summed E-state index contributed by atoms with van der Waals surface area (Å²) in [5.74, 6) is 1.70. The molecule has 0 aliphatic heterocycles. The average molecular weight is 292 g/mol. The lowest BCUT2D eigenvalue weighted by Crippen LogP contribution is -2.21. The fraction of sp³-hybridized carbons (Fsp3) is 0.467. The van der Waals surface area contributed by atoms with Gasteiger partial charge in [0.2, 0.25) is 5.28 Å². The number of aromatic nitrogens is 2. The molecule has 5 heteroatoms. The van der Waals surface area contributed by atoms with E-state index in [-0.39, 0.29) is 11.9 Å². The number of rotatable bonds is 4. The lowest BCUT2D eigenvalue weighted by Gasteiger charge is -2.18. The zero-order valence-corrected chi connectivity index (χ0v) is 12.0. The zero-order chi connectivity index (χ0) is 13.9. The van der Waals surface area contributed by atoms with Crippen LogP contribution in [0.1, 0.15) is 19.3 Å². The van der Waals surface area contributed by atoms with E-state index < -0.39 is 0 Å². The van der Waals surface area contributed by atoms with Crippen LogP contribution in [-0.4, -0.2) is 28.2 Å². The van der Waals surface area contributed by atoms with Crippen molar-refractivity contribution in [1.29, 1.82) is 0 Å². The summed E-state index contributed by atoms with van der Waals surface area (Å²) in [6.07, 6.45) is 3.48. The maximum Gasteiger partial charge on any atom is 0.224 e. The third-order valence-electron chi connectivity index (χ3n) is 4.16. The average Bonchev–Trinajstić information content (AvgIpc) is 2.92. The van der Waals surface area contributed by atoms with E-state index in [0.29, 0.717) is 11.8 Å². The molecule has 2 unspecified atom stereocenters. The molecule has 20 heavy (non-hydrogen) atoms. The van der Waals surface area contributed by atoms with Gasteiger partial charge in [0.1, 0.15) is 5.82 Å². The SMILES string of the molecule is OCC1CCCC1CNc1nc(Cl)nc2ccccc12. The standard InChI is InChI=1S/C15H18ClN3O/c16-15-18-13-7-2-1-6-12(13)14(19-15)17-8-10-4-3-5-11(10)9-20/h1-2,6-7,10-11,20H,3-5,8-9H2,(H,17,18,19). The van der Waals surface area contributed by atoms with Gasteiger partial charge in [-0.1, -0.05) is 18.6 Å². The number of fused-ring (bicyclic) bond motifs is 1. The Morgan fingerprint density at radius 1 is 1.20 bits per heavy atom. The van der Waals surface area contributed by atoms with Crippen LogP contribution in [0.5, 0.6) is 0 Å². The van der Waals surface area contributed by atoms with E-state index in [1.807, 2.05) is 24.3 Å². The molecule has 3 rings (SSSR count). The molecule has 0 amide bonds. The van der Waals surface area contributed by atoms with E-state index in [4.69, 9.17) is 11.6 Å². The Hall–Kier alpha value is -1.39. The molecule has 1 saturated carbocycles. The van der Waals surface area contributed by atoms with Gasteiger partial charge in [0, 0.05) is 18.5 Å². The monoisotopic (exact) mass is 291 g/mol. The number of aliphatic hydroxyl groups excluding tert-OH is 1. The molecular weight excluding hydrogens is 274 g/mol. The molecule has 0 radical (unpaired) electrons. The second kappa shape index (κ2) is 5.94. The molecule has 1 aliphatic rings. The second-order valence-corrected chi connectivity index (χ2v) is 5.71. The lowest BCUT2D eigenvalue weighted by atomic mass is 9.97. The first-order chi connectivity index (χ1) is 9.78. The van der Waals surface area contributed by atoms with Gasteiger partial charge in [-0.25, -0.2) is 9.97 Å². The van der Waals surface area contributed by atoms with E-state index >= 15 is 0 Å². The van der Waals surface area contributed by atoms with E-state index in [9.17, 15) is 5.11 Å². The quantitative estimate of drug-likeness (QED) is 0.850. The Labute approximate surface area is 123 Å². The number of anilines is 1. The number of hydrogen-bond donors (Lipinski definition) is 2. The van der Waals surface area contributed by atoms with Crippen molar-refractivity contribution in [3.05, 3.63) is 29.5 Å². The Morgan fingerprint density at radius 3 is 2.85 bits per heavy atom. The smallest absolute Gasteiger partial charge is 0.224 e. The predicted octanol–water partition coefficient (Wildman–Crippen LogP) is 3.10. The molecule has 106 valence electrons. The van der Waals surface area contributed by atoms with Gasteiger partial charge in [-0.05, 0) is 48.4 Å². The summed E-state index contributed by atoms with van der Waals surface area (Å²) < 4.78 is 0. The van der Waals surface area contributed by atoms with Crippen molar-refractivity contribution < 1.29 is 5.11 Å². The number of para-hydroxylation sites is 1. The van der Waals surface area contributed by atoms with Crippen molar-refractivity contribution in [1.82, 2.24) is 9.97 Å². The van der Waals surface area contributed by atoms with Gasteiger partial charge >= 0.3 is 0 Å². The first-order valence-corrected chi connectivity index (χ1v) is 7.42. The van der Waals surface area contributed by atoms with Gasteiger partial charge in [0.15, 0.2) is 0 Å². The second-order valence-electron chi connectivity index (χ2n) is 5.37. The van der Waals surface area contributed by atoms with Crippen LogP contribution in [0.4, 0.5) is 5.82 Å². The van der Waals surface area contributed by atoms with Gasteiger partial charge < -0.3 is 10.4 Å². The summed E-state index contributed by atoms with van der Waals surface area (Å²) in [4.78, 5) is 8.52. The molecule has 1 heterocycles. The minimum absolute atomic E-state index is 0.260. The molecule has 0 saturated heterocycles. The Morgan fingerprint density at radius 2 is 2.00 bits per heavy atom. The summed E-state index contributed by atoms with van der Waals surface area (Å²) in [7, 11) is 0. The first-order valence-electron chi connectivity index (χ1n) is 7.05. The van der Waals surface area contributed by atoms with Crippen molar-refractivity contribution >= 4 is 28.3 Å². The van der Waals surface area contributed by atoms with Crippen LogP contribution in [0.25, 0.3) is 10.9 Å². The molecule has 1 aromatic heterocycles. The van der Waals surface area contributed by atoms with Crippen LogP contribution in [0, 0.1) is 11.8 Å². The summed E-state index contributed by atoms with van der Waals surface area (Å²) in [6.45, 7) is 1.10. The van der Waals surface area contributed by atoms with E-state index in [0.717, 1.165) is 36.1 Å². The molecule has 4 nitrogen and oxygen atoms in total. The molecule has 1 aliphatic carbocycles. The summed E-state index contributed by atoms with van der Waals surface area (Å²) in [5.41, 5.74) is 0.847. The maximum atomic E-state index is 9.38. The van der Waals surface area contributed by atoms with Gasteiger partial charge in [-0.2, -0.15) is 0 Å². The van der Waals surface area contributed by atoms with Crippen LogP contribution >= 0.6 is 11.6 Å². The summed E-state index contributed by atoms with van der Waals surface area (Å²) in [6, 6.07) is 7.83. The third kappa shape index (κ3) is 2.72. The van der Waals surface area contributed by atoms with Crippen molar-refractivity contribution in [3.8, 4) is 0 Å². The van der Waals surface area contributed by atoms with Crippen molar-refractivity contribution in [2.45, 2.75) is 19.3 Å². The number of hydrogen-bond acceptors (Lipinski definition) is 4. The molecule has 1 aromatic carbocycles. The lowest BCUT2D eigenvalue weighted by molar-refractivity contribution is 0.199. The highest BCUT2D eigenvalue weighted by molar-refractivity contribution is 6.28. The van der Waals surface area contributed by atoms with Crippen molar-refractivity contribution in [3.63, 3.8) is 0 Å². The molecule has 0 spiro atoms. The summed E-state index contributed by atoms with van der Waals surface area (Å²) >= 11 is 5.97. The molecule has 2 N–H and O–H groups in total. The van der Waals surface area contributed by atoms with E-state index in [2.05, 4.69) is 15.3 Å².